The number of aliphatic imine (C=N–C) groups is 1. The Bertz CT molecular complexity index is 135. The summed E-state index contributed by atoms with van der Waals surface area (Å²) in [6, 6.07) is 0. The molecule has 0 aromatic rings. The van der Waals surface area contributed by atoms with Crippen molar-refractivity contribution in [2.45, 2.75) is 19.3 Å². The summed E-state index contributed by atoms with van der Waals surface area (Å²) in [5.74, 6) is 0. The number of piperidine rings is 1. The van der Waals surface area contributed by atoms with E-state index in [1.807, 2.05) is 0 Å². The van der Waals surface area contributed by atoms with Gasteiger partial charge < -0.3 is 0 Å². The van der Waals surface area contributed by atoms with Crippen LogP contribution in [-0.2, 0) is 4.79 Å². The topological polar surface area (TPSA) is 32.7 Å². The first kappa shape index (κ1) is 7.45. The molecule has 10 heavy (non-hydrogen) atoms. The van der Waals surface area contributed by atoms with Gasteiger partial charge in [-0.3, -0.25) is 4.90 Å². The van der Waals surface area contributed by atoms with E-state index in [0.717, 1.165) is 13.1 Å². The van der Waals surface area contributed by atoms with Crippen LogP contribution in [0.25, 0.3) is 0 Å². The maximum absolute atomic E-state index is 9.73. The maximum atomic E-state index is 9.73. The lowest BCUT2D eigenvalue weighted by atomic mass is 10.1. The number of nitrogens with zero attached hydrogens (tertiary/aromatic N) is 2. The van der Waals surface area contributed by atoms with E-state index in [4.69, 9.17) is 0 Å². The number of rotatable bonds is 2. The van der Waals surface area contributed by atoms with Crippen molar-refractivity contribution in [3.8, 4) is 0 Å². The average molecular weight is 140 g/mol. The highest BCUT2D eigenvalue weighted by Gasteiger charge is 2.07. The van der Waals surface area contributed by atoms with Gasteiger partial charge in [-0.2, -0.15) is 4.99 Å². The fourth-order valence-corrected chi connectivity index (χ4v) is 1.23. The SMILES string of the molecule is O=C=NCN1CCCCC1. The van der Waals surface area contributed by atoms with E-state index in [0.29, 0.717) is 6.67 Å². The predicted molar refractivity (Wildman–Crippen MR) is 38.4 cm³/mol. The quantitative estimate of drug-likeness (QED) is 0.419. The van der Waals surface area contributed by atoms with Crippen molar-refractivity contribution in [1.29, 1.82) is 0 Å². The summed E-state index contributed by atoms with van der Waals surface area (Å²) in [7, 11) is 0. The Morgan fingerprint density at radius 3 is 2.60 bits per heavy atom. The number of hydrogen-bond donors (Lipinski definition) is 0. The molecule has 0 saturated carbocycles. The zero-order chi connectivity index (χ0) is 7.23. The highest BCUT2D eigenvalue weighted by molar-refractivity contribution is 5.32. The van der Waals surface area contributed by atoms with E-state index < -0.39 is 0 Å². The van der Waals surface area contributed by atoms with Crippen molar-refractivity contribution in [3.05, 3.63) is 0 Å². The molecule has 0 amide bonds. The summed E-state index contributed by atoms with van der Waals surface area (Å²) in [4.78, 5) is 15.4. The highest BCUT2D eigenvalue weighted by Crippen LogP contribution is 2.07. The molecule has 3 heteroatoms. The smallest absolute Gasteiger partial charge is 0.236 e. The van der Waals surface area contributed by atoms with Crippen molar-refractivity contribution in [2.24, 2.45) is 4.99 Å². The summed E-state index contributed by atoms with van der Waals surface area (Å²) in [6.07, 6.45) is 5.36. The van der Waals surface area contributed by atoms with Crippen LogP contribution in [0.2, 0.25) is 0 Å². The number of carbonyl (C=O) groups excluding carboxylic acids is 1. The van der Waals surface area contributed by atoms with Gasteiger partial charge in [0.25, 0.3) is 0 Å². The third kappa shape index (κ3) is 2.29. The largest absolute Gasteiger partial charge is 0.284 e. The molecule has 0 aliphatic carbocycles. The van der Waals surface area contributed by atoms with E-state index in [2.05, 4.69) is 9.89 Å². The van der Waals surface area contributed by atoms with Crippen LogP contribution in [0.5, 0.6) is 0 Å². The van der Waals surface area contributed by atoms with Gasteiger partial charge in [0.05, 0.1) is 0 Å². The minimum atomic E-state index is 0.545. The molecular formula is C7H12N2O. The molecule has 1 fully saturated rings. The molecule has 3 nitrogen and oxygen atoms in total. The number of hydrogen-bond acceptors (Lipinski definition) is 3. The first-order valence-corrected chi connectivity index (χ1v) is 3.69. The Balaban J connectivity index is 2.19. The lowest BCUT2D eigenvalue weighted by molar-refractivity contribution is 0.235. The van der Waals surface area contributed by atoms with Crippen LogP contribution in [0.4, 0.5) is 0 Å². The van der Waals surface area contributed by atoms with Crippen LogP contribution in [-0.4, -0.2) is 30.7 Å². The van der Waals surface area contributed by atoms with Gasteiger partial charge in [-0.15, -0.1) is 0 Å². The van der Waals surface area contributed by atoms with E-state index in [-0.39, 0.29) is 0 Å². The monoisotopic (exact) mass is 140 g/mol. The second-order valence-corrected chi connectivity index (χ2v) is 2.57. The Morgan fingerprint density at radius 2 is 2.00 bits per heavy atom. The van der Waals surface area contributed by atoms with Gasteiger partial charge in [-0.1, -0.05) is 6.42 Å². The lowest BCUT2D eigenvalue weighted by Crippen LogP contribution is -2.29. The first-order valence-electron chi connectivity index (χ1n) is 3.69. The van der Waals surface area contributed by atoms with E-state index >= 15 is 0 Å². The predicted octanol–water partition coefficient (Wildman–Crippen LogP) is 0.766. The normalized spacial score (nSPS) is 20.0. The second kappa shape index (κ2) is 4.20. The summed E-state index contributed by atoms with van der Waals surface area (Å²) < 4.78 is 0. The van der Waals surface area contributed by atoms with Crippen molar-refractivity contribution >= 4 is 6.08 Å². The fraction of sp³-hybridized carbons (Fsp3) is 0.857. The van der Waals surface area contributed by atoms with Gasteiger partial charge in [-0.25, -0.2) is 4.79 Å². The summed E-state index contributed by atoms with van der Waals surface area (Å²) in [6.45, 7) is 2.72. The van der Waals surface area contributed by atoms with Crippen molar-refractivity contribution < 1.29 is 4.79 Å². The zero-order valence-electron chi connectivity index (χ0n) is 6.05. The molecule has 0 spiro atoms. The molecule has 0 N–H and O–H groups in total. The van der Waals surface area contributed by atoms with E-state index in [1.54, 1.807) is 6.08 Å². The average Bonchev–Trinajstić information content (AvgIpc) is 2.03. The van der Waals surface area contributed by atoms with Crippen LogP contribution in [0.1, 0.15) is 19.3 Å². The molecule has 56 valence electrons. The van der Waals surface area contributed by atoms with Crippen molar-refractivity contribution in [2.75, 3.05) is 19.8 Å². The van der Waals surface area contributed by atoms with Gasteiger partial charge in [0, 0.05) is 0 Å². The molecule has 1 rings (SSSR count). The molecule has 0 unspecified atom stereocenters. The van der Waals surface area contributed by atoms with Crippen LogP contribution < -0.4 is 0 Å². The van der Waals surface area contributed by atoms with Gasteiger partial charge >= 0.3 is 0 Å². The minimum absolute atomic E-state index is 0.545. The minimum Gasteiger partial charge on any atom is -0.284 e. The van der Waals surface area contributed by atoms with Crippen LogP contribution in [0.15, 0.2) is 4.99 Å². The maximum Gasteiger partial charge on any atom is 0.236 e. The molecule has 1 heterocycles. The Morgan fingerprint density at radius 1 is 1.30 bits per heavy atom. The zero-order valence-corrected chi connectivity index (χ0v) is 6.05. The molecule has 1 aliphatic heterocycles. The molecular weight excluding hydrogens is 128 g/mol. The van der Waals surface area contributed by atoms with Gasteiger partial charge in [0.1, 0.15) is 6.67 Å². The van der Waals surface area contributed by atoms with Gasteiger partial charge in [0.15, 0.2) is 0 Å². The molecule has 0 aromatic carbocycles. The second-order valence-electron chi connectivity index (χ2n) is 2.57. The molecule has 0 aromatic heterocycles. The molecule has 0 bridgehead atoms. The Hall–Kier alpha value is -0.660. The third-order valence-electron chi connectivity index (χ3n) is 1.78. The van der Waals surface area contributed by atoms with E-state index in [1.165, 1.54) is 19.3 Å². The molecule has 0 radical (unpaired) electrons. The van der Waals surface area contributed by atoms with Gasteiger partial charge in [-0.05, 0) is 25.9 Å². The van der Waals surface area contributed by atoms with Crippen molar-refractivity contribution in [1.82, 2.24) is 4.90 Å². The van der Waals surface area contributed by atoms with Crippen molar-refractivity contribution in [3.63, 3.8) is 0 Å². The van der Waals surface area contributed by atoms with Crippen LogP contribution in [0.3, 0.4) is 0 Å². The highest BCUT2D eigenvalue weighted by atomic mass is 16.1. The standard InChI is InChI=1S/C7H12N2O/c10-7-8-6-9-4-2-1-3-5-9/h1-6H2. The van der Waals surface area contributed by atoms with Crippen LogP contribution in [0, 0.1) is 0 Å². The number of isocyanates is 1. The van der Waals surface area contributed by atoms with Crippen LogP contribution >= 0.6 is 0 Å². The first-order chi connectivity index (χ1) is 4.93. The van der Waals surface area contributed by atoms with E-state index in [9.17, 15) is 4.79 Å². The summed E-state index contributed by atoms with van der Waals surface area (Å²) in [5, 5.41) is 0. The molecule has 1 aliphatic rings. The fourth-order valence-electron chi connectivity index (χ4n) is 1.23. The Kier molecular flexibility index (Phi) is 3.13. The summed E-state index contributed by atoms with van der Waals surface area (Å²) >= 11 is 0. The molecule has 1 saturated heterocycles. The summed E-state index contributed by atoms with van der Waals surface area (Å²) in [5.41, 5.74) is 0. The lowest BCUT2D eigenvalue weighted by Gasteiger charge is -2.23. The third-order valence-corrected chi connectivity index (χ3v) is 1.78. The number of likely N-dealkylation sites (tertiary alicyclic amines) is 1. The molecule has 0 atom stereocenters. The van der Waals surface area contributed by atoms with Gasteiger partial charge in [0.2, 0.25) is 6.08 Å². The Labute approximate surface area is 60.7 Å².